The van der Waals surface area contributed by atoms with Gasteiger partial charge in [-0.15, -0.1) is 11.3 Å². The summed E-state index contributed by atoms with van der Waals surface area (Å²) in [4.78, 5) is 28.7. The van der Waals surface area contributed by atoms with Crippen LogP contribution in [0.3, 0.4) is 0 Å². The third kappa shape index (κ3) is 3.12. The van der Waals surface area contributed by atoms with Crippen LogP contribution in [-0.2, 0) is 17.9 Å². The molecule has 1 aliphatic carbocycles. The maximum absolute atomic E-state index is 13.8. The quantitative estimate of drug-likeness (QED) is 0.677. The van der Waals surface area contributed by atoms with Crippen LogP contribution in [0.4, 0.5) is 4.39 Å². The number of nitrogens with zero attached hydrogens (tertiary/aromatic N) is 2. The fourth-order valence-electron chi connectivity index (χ4n) is 4.75. The van der Waals surface area contributed by atoms with Crippen molar-refractivity contribution < 1.29 is 14.0 Å². The molecule has 2 amide bonds. The molecule has 3 aromatic rings. The smallest absolute Gasteiger partial charge is 0.271 e. The molecule has 2 aromatic heterocycles. The number of aromatic nitrogens is 1. The first-order chi connectivity index (χ1) is 14.5. The number of halogens is 1. The van der Waals surface area contributed by atoms with Crippen molar-refractivity contribution in [1.29, 1.82) is 0 Å². The van der Waals surface area contributed by atoms with Crippen molar-refractivity contribution in [1.82, 2.24) is 14.8 Å². The fraction of sp³-hybridized carbons (Fsp3) is 0.391. The van der Waals surface area contributed by atoms with Gasteiger partial charge in [0.1, 0.15) is 17.1 Å². The van der Waals surface area contributed by atoms with Crippen molar-refractivity contribution in [2.45, 2.75) is 57.3 Å². The van der Waals surface area contributed by atoms with E-state index in [0.29, 0.717) is 17.8 Å². The van der Waals surface area contributed by atoms with Crippen molar-refractivity contribution in [3.8, 4) is 0 Å². The largest absolute Gasteiger partial charge is 0.351 e. The van der Waals surface area contributed by atoms with Gasteiger partial charge in [-0.3, -0.25) is 9.59 Å². The van der Waals surface area contributed by atoms with Crippen molar-refractivity contribution >= 4 is 33.4 Å². The molecule has 2 aliphatic rings. The normalized spacial score (nSPS) is 21.9. The first-order valence-corrected chi connectivity index (χ1v) is 11.3. The summed E-state index contributed by atoms with van der Waals surface area (Å²) in [5, 5.41) is 5.18. The van der Waals surface area contributed by atoms with E-state index >= 15 is 0 Å². The third-order valence-electron chi connectivity index (χ3n) is 6.46. The summed E-state index contributed by atoms with van der Waals surface area (Å²) in [6.07, 6.45) is 4.18. The van der Waals surface area contributed by atoms with Gasteiger partial charge in [-0.1, -0.05) is 25.0 Å². The number of benzene rings is 1. The van der Waals surface area contributed by atoms with Gasteiger partial charge in [-0.05, 0) is 55.0 Å². The Labute approximate surface area is 178 Å². The van der Waals surface area contributed by atoms with E-state index in [1.807, 2.05) is 29.0 Å². The van der Waals surface area contributed by atoms with E-state index in [0.717, 1.165) is 35.9 Å². The van der Waals surface area contributed by atoms with Gasteiger partial charge in [-0.25, -0.2) is 4.39 Å². The summed E-state index contributed by atoms with van der Waals surface area (Å²) in [5.74, 6) is -0.683. The molecule has 1 atom stereocenters. The van der Waals surface area contributed by atoms with E-state index in [1.54, 1.807) is 28.4 Å². The zero-order valence-electron chi connectivity index (χ0n) is 16.9. The molecule has 0 spiro atoms. The number of amides is 2. The fourth-order valence-corrected chi connectivity index (χ4v) is 5.57. The molecule has 5 rings (SSSR count). The summed E-state index contributed by atoms with van der Waals surface area (Å²) in [6.45, 7) is 2.39. The lowest BCUT2D eigenvalue weighted by Gasteiger charge is -2.44. The molecule has 1 aliphatic heterocycles. The number of hydrogen-bond donors (Lipinski definition) is 1. The minimum Gasteiger partial charge on any atom is -0.351 e. The topological polar surface area (TPSA) is 54.3 Å². The molecule has 1 fully saturated rings. The Bertz CT molecular complexity index is 1130. The van der Waals surface area contributed by atoms with Crippen molar-refractivity contribution in [3.05, 3.63) is 58.9 Å². The van der Waals surface area contributed by atoms with E-state index in [1.165, 1.54) is 12.1 Å². The Morgan fingerprint density at radius 2 is 2.07 bits per heavy atom. The van der Waals surface area contributed by atoms with Crippen LogP contribution in [0.5, 0.6) is 0 Å². The predicted octanol–water partition coefficient (Wildman–Crippen LogP) is 4.32. The first kappa shape index (κ1) is 19.3. The first-order valence-electron chi connectivity index (χ1n) is 10.4. The van der Waals surface area contributed by atoms with Crippen LogP contribution in [0.1, 0.15) is 48.7 Å². The van der Waals surface area contributed by atoms with E-state index in [2.05, 4.69) is 5.32 Å². The van der Waals surface area contributed by atoms with E-state index < -0.39 is 5.54 Å². The van der Waals surface area contributed by atoms with Crippen LogP contribution in [0.15, 0.2) is 41.8 Å². The SMILES string of the molecule is CC1(C(=O)NC2CCCC2)Cn2c(cc3sccc32)C(=O)N1Cc1cccc(F)c1. The maximum Gasteiger partial charge on any atom is 0.271 e. The highest BCUT2D eigenvalue weighted by Gasteiger charge is 2.48. The van der Waals surface area contributed by atoms with Gasteiger partial charge in [-0.2, -0.15) is 0 Å². The highest BCUT2D eigenvalue weighted by molar-refractivity contribution is 7.17. The maximum atomic E-state index is 13.8. The molecule has 7 heteroatoms. The highest BCUT2D eigenvalue weighted by Crippen LogP contribution is 2.35. The molecule has 30 heavy (non-hydrogen) atoms. The molecular formula is C23H24FN3O2S. The Balaban J connectivity index is 1.55. The molecule has 1 unspecified atom stereocenters. The molecule has 1 N–H and O–H groups in total. The summed E-state index contributed by atoms with van der Waals surface area (Å²) in [5.41, 5.74) is 1.17. The van der Waals surface area contributed by atoms with Crippen LogP contribution in [0.25, 0.3) is 10.2 Å². The van der Waals surface area contributed by atoms with Gasteiger partial charge in [0.05, 0.1) is 16.8 Å². The summed E-state index contributed by atoms with van der Waals surface area (Å²) in [7, 11) is 0. The monoisotopic (exact) mass is 425 g/mol. The van der Waals surface area contributed by atoms with E-state index in [4.69, 9.17) is 0 Å². The van der Waals surface area contributed by atoms with Crippen molar-refractivity contribution in [2.75, 3.05) is 0 Å². The average Bonchev–Trinajstić information content (AvgIpc) is 3.44. The molecule has 1 aromatic carbocycles. The van der Waals surface area contributed by atoms with E-state index in [-0.39, 0.29) is 30.2 Å². The number of carbonyl (C=O) groups excluding carboxylic acids is 2. The third-order valence-corrected chi connectivity index (χ3v) is 7.31. The number of fused-ring (bicyclic) bond motifs is 3. The van der Waals surface area contributed by atoms with Gasteiger partial charge < -0.3 is 14.8 Å². The number of thiophene rings is 1. The van der Waals surface area contributed by atoms with Crippen LogP contribution in [-0.4, -0.2) is 32.9 Å². The number of rotatable bonds is 4. The lowest BCUT2D eigenvalue weighted by atomic mass is 9.93. The molecule has 5 nitrogen and oxygen atoms in total. The molecule has 3 heterocycles. The second-order valence-corrected chi connectivity index (χ2v) is 9.48. The predicted molar refractivity (Wildman–Crippen MR) is 115 cm³/mol. The summed E-state index contributed by atoms with van der Waals surface area (Å²) in [6, 6.07) is 10.3. The summed E-state index contributed by atoms with van der Waals surface area (Å²) < 4.78 is 16.8. The zero-order valence-corrected chi connectivity index (χ0v) is 17.7. The Hall–Kier alpha value is -2.67. The second kappa shape index (κ2) is 7.23. The molecule has 156 valence electrons. The van der Waals surface area contributed by atoms with Crippen LogP contribution < -0.4 is 5.32 Å². The highest BCUT2D eigenvalue weighted by atomic mass is 32.1. The Kier molecular flexibility index (Phi) is 4.65. The Morgan fingerprint density at radius 1 is 1.27 bits per heavy atom. The minimum atomic E-state index is -1.06. The van der Waals surface area contributed by atoms with Crippen molar-refractivity contribution in [2.24, 2.45) is 0 Å². The molecule has 0 radical (unpaired) electrons. The van der Waals surface area contributed by atoms with Crippen LogP contribution >= 0.6 is 11.3 Å². The molecule has 0 saturated heterocycles. The van der Waals surface area contributed by atoms with Gasteiger partial charge in [0.2, 0.25) is 5.91 Å². The van der Waals surface area contributed by atoms with Crippen LogP contribution in [0.2, 0.25) is 0 Å². The lowest BCUT2D eigenvalue weighted by molar-refractivity contribution is -0.133. The summed E-state index contributed by atoms with van der Waals surface area (Å²) >= 11 is 1.58. The molecular weight excluding hydrogens is 401 g/mol. The standard InChI is InChI=1S/C23H24FN3O2S/c1-23(22(29)25-17-7-2-3-8-17)14-26-18-9-10-30-20(18)12-19(26)21(28)27(23)13-15-5-4-6-16(24)11-15/h4-6,9-12,17H,2-3,7-8,13-14H2,1H3,(H,25,29). The molecule has 0 bridgehead atoms. The van der Waals surface area contributed by atoms with Crippen LogP contribution in [0, 0.1) is 5.82 Å². The molecule has 1 saturated carbocycles. The number of carbonyl (C=O) groups is 2. The van der Waals surface area contributed by atoms with Gasteiger partial charge in [0, 0.05) is 12.6 Å². The minimum absolute atomic E-state index is 0.137. The van der Waals surface area contributed by atoms with Gasteiger partial charge in [0.25, 0.3) is 5.91 Å². The number of nitrogens with one attached hydrogen (secondary N) is 1. The van der Waals surface area contributed by atoms with E-state index in [9.17, 15) is 14.0 Å². The second-order valence-electron chi connectivity index (χ2n) is 8.54. The average molecular weight is 426 g/mol. The van der Waals surface area contributed by atoms with Gasteiger partial charge in [0.15, 0.2) is 0 Å². The number of hydrogen-bond acceptors (Lipinski definition) is 3. The van der Waals surface area contributed by atoms with Crippen molar-refractivity contribution in [3.63, 3.8) is 0 Å². The van der Waals surface area contributed by atoms with Gasteiger partial charge >= 0.3 is 0 Å². The Morgan fingerprint density at radius 3 is 2.83 bits per heavy atom. The zero-order chi connectivity index (χ0) is 20.9. The lowest BCUT2D eigenvalue weighted by Crippen LogP contribution is -2.64.